The van der Waals surface area contributed by atoms with Gasteiger partial charge in [-0.1, -0.05) is 11.6 Å². The Balaban J connectivity index is 2.62. The molecule has 0 aliphatic heterocycles. The SMILES string of the molecule is Cc1nc2sc3c(Cl)ncnc3c2c(C)c1C. The summed E-state index contributed by atoms with van der Waals surface area (Å²) in [6.45, 7) is 6.22. The van der Waals surface area contributed by atoms with Gasteiger partial charge in [-0.3, -0.25) is 0 Å². The normalized spacial score (nSPS) is 11.5. The third-order valence-electron chi connectivity index (χ3n) is 3.16. The van der Waals surface area contributed by atoms with E-state index in [1.807, 2.05) is 6.92 Å². The van der Waals surface area contributed by atoms with E-state index in [0.29, 0.717) is 5.15 Å². The molecule has 3 heterocycles. The Morgan fingerprint density at radius 3 is 2.65 bits per heavy atom. The molecule has 0 amide bonds. The van der Waals surface area contributed by atoms with Crippen molar-refractivity contribution in [3.8, 4) is 0 Å². The fourth-order valence-electron chi connectivity index (χ4n) is 1.98. The minimum absolute atomic E-state index is 0.507. The van der Waals surface area contributed by atoms with Crippen LogP contribution in [-0.4, -0.2) is 15.0 Å². The van der Waals surface area contributed by atoms with Crippen LogP contribution in [0.4, 0.5) is 0 Å². The summed E-state index contributed by atoms with van der Waals surface area (Å²) in [5.41, 5.74) is 4.42. The van der Waals surface area contributed by atoms with Gasteiger partial charge in [0.2, 0.25) is 0 Å². The second-order valence-corrected chi connectivity index (χ2v) is 5.43. The number of rotatable bonds is 0. The van der Waals surface area contributed by atoms with Gasteiger partial charge in [-0.15, -0.1) is 11.3 Å². The molecule has 86 valence electrons. The summed E-state index contributed by atoms with van der Waals surface area (Å²) < 4.78 is 0.921. The van der Waals surface area contributed by atoms with E-state index in [-0.39, 0.29) is 0 Å². The van der Waals surface area contributed by atoms with Gasteiger partial charge in [-0.25, -0.2) is 15.0 Å². The third kappa shape index (κ3) is 1.44. The first-order valence-electron chi connectivity index (χ1n) is 5.26. The first kappa shape index (κ1) is 10.9. The van der Waals surface area contributed by atoms with Crippen molar-refractivity contribution in [2.24, 2.45) is 0 Å². The van der Waals surface area contributed by atoms with Crippen LogP contribution in [-0.2, 0) is 0 Å². The van der Waals surface area contributed by atoms with E-state index in [0.717, 1.165) is 26.1 Å². The second kappa shape index (κ2) is 3.62. The van der Waals surface area contributed by atoms with Gasteiger partial charge >= 0.3 is 0 Å². The summed E-state index contributed by atoms with van der Waals surface area (Å²) in [5.74, 6) is 0. The highest BCUT2D eigenvalue weighted by molar-refractivity contribution is 7.26. The lowest BCUT2D eigenvalue weighted by atomic mass is 10.1. The molecule has 3 rings (SSSR count). The van der Waals surface area contributed by atoms with Gasteiger partial charge in [0.05, 0.1) is 10.2 Å². The number of hydrogen-bond acceptors (Lipinski definition) is 4. The molecule has 0 radical (unpaired) electrons. The van der Waals surface area contributed by atoms with Gasteiger partial charge in [0.25, 0.3) is 0 Å². The van der Waals surface area contributed by atoms with Crippen molar-refractivity contribution in [1.29, 1.82) is 0 Å². The quantitative estimate of drug-likeness (QED) is 0.579. The van der Waals surface area contributed by atoms with E-state index in [2.05, 4.69) is 28.8 Å². The lowest BCUT2D eigenvalue weighted by Gasteiger charge is -2.04. The molecule has 0 aliphatic rings. The number of aromatic nitrogens is 3. The van der Waals surface area contributed by atoms with Gasteiger partial charge in [-0.2, -0.15) is 0 Å². The summed E-state index contributed by atoms with van der Waals surface area (Å²) in [6.07, 6.45) is 1.51. The maximum Gasteiger partial charge on any atom is 0.150 e. The zero-order valence-electron chi connectivity index (χ0n) is 9.71. The van der Waals surface area contributed by atoms with Crippen LogP contribution in [0.25, 0.3) is 20.4 Å². The van der Waals surface area contributed by atoms with Crippen LogP contribution in [0.3, 0.4) is 0 Å². The molecular formula is C12H10ClN3S. The molecule has 0 spiro atoms. The number of hydrogen-bond donors (Lipinski definition) is 0. The molecule has 0 unspecified atom stereocenters. The first-order valence-corrected chi connectivity index (χ1v) is 6.45. The standard InChI is InChI=1S/C12H10ClN3S/c1-5-6(2)8-9-10(11(13)15-4-14-9)17-12(8)16-7(5)3/h4H,1-3H3. The second-order valence-electron chi connectivity index (χ2n) is 4.07. The highest BCUT2D eigenvalue weighted by Crippen LogP contribution is 2.37. The molecule has 17 heavy (non-hydrogen) atoms. The molecule has 3 nitrogen and oxygen atoms in total. The van der Waals surface area contributed by atoms with Crippen LogP contribution in [0.15, 0.2) is 6.33 Å². The predicted molar refractivity (Wildman–Crippen MR) is 71.9 cm³/mol. The summed E-state index contributed by atoms with van der Waals surface area (Å²) >= 11 is 7.65. The predicted octanol–water partition coefficient (Wildman–Crippen LogP) is 3.82. The molecule has 0 fully saturated rings. The molecule has 0 saturated heterocycles. The summed E-state index contributed by atoms with van der Waals surface area (Å²) in [4.78, 5) is 13.9. The largest absolute Gasteiger partial charge is 0.242 e. The minimum Gasteiger partial charge on any atom is -0.242 e. The molecule has 0 N–H and O–H groups in total. The van der Waals surface area contributed by atoms with Crippen molar-refractivity contribution >= 4 is 43.4 Å². The summed E-state index contributed by atoms with van der Waals surface area (Å²) in [6, 6.07) is 0. The van der Waals surface area contributed by atoms with Gasteiger partial charge in [0.15, 0.2) is 0 Å². The van der Waals surface area contributed by atoms with E-state index in [1.54, 1.807) is 11.3 Å². The van der Waals surface area contributed by atoms with Crippen LogP contribution in [0, 0.1) is 20.8 Å². The van der Waals surface area contributed by atoms with Gasteiger partial charge < -0.3 is 0 Å². The summed E-state index contributed by atoms with van der Waals surface area (Å²) in [7, 11) is 0. The highest BCUT2D eigenvalue weighted by atomic mass is 35.5. The van der Waals surface area contributed by atoms with Crippen molar-refractivity contribution in [2.75, 3.05) is 0 Å². The first-order chi connectivity index (χ1) is 8.09. The number of thiophene rings is 1. The maximum atomic E-state index is 6.09. The van der Waals surface area contributed by atoms with Gasteiger partial charge in [0, 0.05) is 11.1 Å². The Bertz CT molecular complexity index is 748. The fraction of sp³-hybridized carbons (Fsp3) is 0.250. The fourth-order valence-corrected chi connectivity index (χ4v) is 3.35. The van der Waals surface area contributed by atoms with Gasteiger partial charge in [0.1, 0.15) is 16.3 Å². The minimum atomic E-state index is 0.507. The monoisotopic (exact) mass is 263 g/mol. The lowest BCUT2D eigenvalue weighted by molar-refractivity contribution is 1.17. The maximum absolute atomic E-state index is 6.09. The number of pyridine rings is 1. The van der Waals surface area contributed by atoms with Crippen LogP contribution in [0.1, 0.15) is 16.8 Å². The Hall–Kier alpha value is -1.26. The van der Waals surface area contributed by atoms with Crippen molar-refractivity contribution in [3.05, 3.63) is 28.3 Å². The molecule has 5 heteroatoms. The average Bonchev–Trinajstić information content (AvgIpc) is 2.66. The van der Waals surface area contributed by atoms with E-state index in [9.17, 15) is 0 Å². The van der Waals surface area contributed by atoms with Crippen molar-refractivity contribution in [2.45, 2.75) is 20.8 Å². The van der Waals surface area contributed by atoms with E-state index >= 15 is 0 Å². The molecule has 3 aromatic rings. The van der Waals surface area contributed by atoms with Crippen LogP contribution >= 0.6 is 22.9 Å². The zero-order valence-corrected chi connectivity index (χ0v) is 11.3. The Morgan fingerprint density at radius 1 is 1.12 bits per heavy atom. The van der Waals surface area contributed by atoms with Crippen molar-refractivity contribution < 1.29 is 0 Å². The van der Waals surface area contributed by atoms with Crippen LogP contribution in [0.2, 0.25) is 5.15 Å². The Morgan fingerprint density at radius 2 is 1.88 bits per heavy atom. The zero-order chi connectivity index (χ0) is 12.2. The number of nitrogens with zero attached hydrogens (tertiary/aromatic N) is 3. The number of aryl methyl sites for hydroxylation is 2. The van der Waals surface area contributed by atoms with E-state index in [4.69, 9.17) is 11.6 Å². The van der Waals surface area contributed by atoms with E-state index in [1.165, 1.54) is 17.5 Å². The summed E-state index contributed by atoms with van der Waals surface area (Å²) in [5, 5.41) is 1.62. The van der Waals surface area contributed by atoms with Crippen molar-refractivity contribution in [3.63, 3.8) is 0 Å². The van der Waals surface area contributed by atoms with Crippen LogP contribution in [0.5, 0.6) is 0 Å². The van der Waals surface area contributed by atoms with Crippen LogP contribution < -0.4 is 0 Å². The molecule has 0 aromatic carbocycles. The topological polar surface area (TPSA) is 38.7 Å². The molecule has 0 aliphatic carbocycles. The van der Waals surface area contributed by atoms with Gasteiger partial charge in [-0.05, 0) is 31.9 Å². The third-order valence-corrected chi connectivity index (χ3v) is 4.64. The number of fused-ring (bicyclic) bond motifs is 3. The molecule has 3 aromatic heterocycles. The smallest absolute Gasteiger partial charge is 0.150 e. The Labute approximate surface area is 107 Å². The molecular weight excluding hydrogens is 254 g/mol. The molecule has 0 bridgehead atoms. The molecule has 0 saturated carbocycles. The lowest BCUT2D eigenvalue weighted by Crippen LogP contribution is -1.91. The Kier molecular flexibility index (Phi) is 2.31. The highest BCUT2D eigenvalue weighted by Gasteiger charge is 2.15. The van der Waals surface area contributed by atoms with Crippen molar-refractivity contribution in [1.82, 2.24) is 15.0 Å². The molecule has 0 atom stereocenters. The average molecular weight is 264 g/mol. The number of halogens is 1. The van der Waals surface area contributed by atoms with E-state index < -0.39 is 0 Å².